The highest BCUT2D eigenvalue weighted by Crippen LogP contribution is 2.39. The second-order valence-corrected chi connectivity index (χ2v) is 9.21. The Bertz CT molecular complexity index is 1040. The molecule has 1 amide bonds. The third-order valence-corrected chi connectivity index (χ3v) is 6.59. The number of nitrogens with zero attached hydrogens (tertiary/aromatic N) is 2. The lowest BCUT2D eigenvalue weighted by atomic mass is 9.93. The van der Waals surface area contributed by atoms with Gasteiger partial charge in [0.05, 0.1) is 24.8 Å². The van der Waals surface area contributed by atoms with Crippen LogP contribution in [0.5, 0.6) is 0 Å². The lowest BCUT2D eigenvalue weighted by Crippen LogP contribution is -2.42. The number of benzene rings is 2. The highest BCUT2D eigenvalue weighted by atomic mass is 35.5. The Hall–Kier alpha value is -2.67. The second-order valence-electron chi connectivity index (χ2n) is 8.77. The number of aliphatic hydroxyl groups excluding tert-OH is 1. The number of ketones is 1. The van der Waals surface area contributed by atoms with Gasteiger partial charge in [0.15, 0.2) is 0 Å². The Kier molecular flexibility index (Phi) is 7.17. The minimum atomic E-state index is -0.664. The summed E-state index contributed by atoms with van der Waals surface area (Å²) >= 11 is 5.99. The van der Waals surface area contributed by atoms with E-state index in [4.69, 9.17) is 16.3 Å². The number of hydrogen-bond acceptors (Lipinski definition) is 5. The molecular weight excluding hydrogens is 440 g/mol. The summed E-state index contributed by atoms with van der Waals surface area (Å²) < 4.78 is 5.41. The average Bonchev–Trinajstić information content (AvgIpc) is 3.08. The van der Waals surface area contributed by atoms with Crippen LogP contribution in [0.25, 0.3) is 5.76 Å². The van der Waals surface area contributed by atoms with Gasteiger partial charge in [-0.15, -0.1) is 0 Å². The van der Waals surface area contributed by atoms with Gasteiger partial charge in [-0.1, -0.05) is 49.7 Å². The molecule has 2 fully saturated rings. The molecule has 2 saturated heterocycles. The van der Waals surface area contributed by atoms with Crippen molar-refractivity contribution in [3.63, 3.8) is 0 Å². The van der Waals surface area contributed by atoms with Gasteiger partial charge in [0.2, 0.25) is 0 Å². The van der Waals surface area contributed by atoms with Crippen molar-refractivity contribution in [2.45, 2.75) is 25.8 Å². The Labute approximate surface area is 199 Å². The van der Waals surface area contributed by atoms with Crippen LogP contribution in [0.15, 0.2) is 54.1 Å². The summed E-state index contributed by atoms with van der Waals surface area (Å²) in [5.74, 6) is -1.07. The molecule has 0 saturated carbocycles. The van der Waals surface area contributed by atoms with Crippen molar-refractivity contribution in [3.05, 3.63) is 75.8 Å². The van der Waals surface area contributed by atoms with Crippen LogP contribution in [-0.4, -0.2) is 66.0 Å². The van der Waals surface area contributed by atoms with Crippen molar-refractivity contribution >= 4 is 29.1 Å². The van der Waals surface area contributed by atoms with Crippen LogP contribution in [0.3, 0.4) is 0 Å². The predicted molar refractivity (Wildman–Crippen MR) is 128 cm³/mol. The molecule has 2 aromatic carbocycles. The zero-order valence-corrected chi connectivity index (χ0v) is 19.7. The maximum absolute atomic E-state index is 13.1. The summed E-state index contributed by atoms with van der Waals surface area (Å²) in [6, 6.07) is 13.9. The first-order valence-electron chi connectivity index (χ1n) is 11.3. The number of aliphatic hydroxyl groups is 1. The molecule has 2 heterocycles. The average molecular weight is 469 g/mol. The lowest BCUT2D eigenvalue weighted by Gasteiger charge is -2.31. The van der Waals surface area contributed by atoms with E-state index in [2.05, 4.69) is 18.7 Å². The van der Waals surface area contributed by atoms with E-state index in [0.717, 1.165) is 18.7 Å². The summed E-state index contributed by atoms with van der Waals surface area (Å²) in [7, 11) is 0. The summed E-state index contributed by atoms with van der Waals surface area (Å²) in [6.07, 6.45) is 0. The molecule has 4 rings (SSSR count). The molecule has 1 N–H and O–H groups in total. The highest BCUT2D eigenvalue weighted by Gasteiger charge is 2.46. The van der Waals surface area contributed by atoms with Crippen LogP contribution in [-0.2, 0) is 14.3 Å². The Morgan fingerprint density at radius 3 is 2.27 bits per heavy atom. The molecule has 7 heteroatoms. The van der Waals surface area contributed by atoms with E-state index in [1.807, 2.05) is 24.3 Å². The standard InChI is InChI=1S/C26H29ClN2O4/c1-17(2)18-3-5-19(6-4-18)23-22(24(30)20-7-9-21(27)10-8-20)25(31)26(32)29(23)12-11-28-13-15-33-16-14-28/h3-10,17,23,30H,11-16H2,1-2H3/b24-22+/t23-/m0/s1. The van der Waals surface area contributed by atoms with Gasteiger partial charge in [0, 0.05) is 36.8 Å². The number of hydrogen-bond donors (Lipinski definition) is 1. The topological polar surface area (TPSA) is 70.1 Å². The Morgan fingerprint density at radius 1 is 1.03 bits per heavy atom. The molecule has 0 unspecified atom stereocenters. The maximum Gasteiger partial charge on any atom is 0.295 e. The fourth-order valence-electron chi connectivity index (χ4n) is 4.36. The fourth-order valence-corrected chi connectivity index (χ4v) is 4.48. The van der Waals surface area contributed by atoms with Gasteiger partial charge in [-0.25, -0.2) is 0 Å². The summed E-state index contributed by atoms with van der Waals surface area (Å²) in [6.45, 7) is 8.17. The normalized spacial score (nSPS) is 21.2. The predicted octanol–water partition coefficient (Wildman–Crippen LogP) is 4.22. The molecule has 0 radical (unpaired) electrons. The number of amides is 1. The second kappa shape index (κ2) is 10.1. The molecule has 1 atom stereocenters. The number of ether oxygens (including phenoxy) is 1. The van der Waals surface area contributed by atoms with Crippen LogP contribution in [0, 0.1) is 0 Å². The van der Waals surface area contributed by atoms with E-state index in [-0.39, 0.29) is 11.3 Å². The van der Waals surface area contributed by atoms with Gasteiger partial charge in [-0.2, -0.15) is 0 Å². The van der Waals surface area contributed by atoms with Crippen LogP contribution in [0.1, 0.15) is 42.5 Å². The van der Waals surface area contributed by atoms with Gasteiger partial charge in [0.25, 0.3) is 11.7 Å². The third-order valence-electron chi connectivity index (χ3n) is 6.34. The highest BCUT2D eigenvalue weighted by molar-refractivity contribution is 6.46. The maximum atomic E-state index is 13.1. The monoisotopic (exact) mass is 468 g/mol. The fraction of sp³-hybridized carbons (Fsp3) is 0.385. The van der Waals surface area contributed by atoms with Crippen LogP contribution in [0.4, 0.5) is 0 Å². The van der Waals surface area contributed by atoms with E-state index >= 15 is 0 Å². The van der Waals surface area contributed by atoms with Crippen molar-refractivity contribution < 1.29 is 19.4 Å². The number of rotatable bonds is 6. The minimum absolute atomic E-state index is 0.113. The minimum Gasteiger partial charge on any atom is -0.507 e. The Balaban J connectivity index is 1.73. The molecule has 2 aliphatic heterocycles. The van der Waals surface area contributed by atoms with E-state index in [9.17, 15) is 14.7 Å². The third kappa shape index (κ3) is 4.98. The number of carbonyl (C=O) groups is 2. The SMILES string of the molecule is CC(C)c1ccc([C@H]2/C(=C(\O)c3ccc(Cl)cc3)C(=O)C(=O)N2CCN2CCOCC2)cc1. The first-order chi connectivity index (χ1) is 15.9. The molecular formula is C26H29ClN2O4. The van der Waals surface area contributed by atoms with Crippen molar-refractivity contribution in [2.75, 3.05) is 39.4 Å². The van der Waals surface area contributed by atoms with Gasteiger partial charge < -0.3 is 14.7 Å². The number of morpholine rings is 1. The molecule has 6 nitrogen and oxygen atoms in total. The van der Waals surface area contributed by atoms with E-state index < -0.39 is 17.7 Å². The van der Waals surface area contributed by atoms with Gasteiger partial charge in [0.1, 0.15) is 5.76 Å². The van der Waals surface area contributed by atoms with Gasteiger partial charge >= 0.3 is 0 Å². The Morgan fingerprint density at radius 2 is 1.67 bits per heavy atom. The molecule has 0 aromatic heterocycles. The first-order valence-corrected chi connectivity index (χ1v) is 11.7. The molecule has 0 bridgehead atoms. The van der Waals surface area contributed by atoms with Crippen LogP contribution in [0.2, 0.25) is 5.02 Å². The number of carbonyl (C=O) groups excluding carboxylic acids is 2. The van der Waals surface area contributed by atoms with E-state index in [1.165, 1.54) is 5.56 Å². The van der Waals surface area contributed by atoms with E-state index in [1.54, 1.807) is 29.2 Å². The van der Waals surface area contributed by atoms with Crippen LogP contribution < -0.4 is 0 Å². The summed E-state index contributed by atoms with van der Waals surface area (Å²) in [5, 5.41) is 11.6. The molecule has 0 aliphatic carbocycles. The van der Waals surface area contributed by atoms with Crippen molar-refractivity contribution in [2.24, 2.45) is 0 Å². The lowest BCUT2D eigenvalue weighted by molar-refractivity contribution is -0.140. The van der Waals surface area contributed by atoms with Gasteiger partial charge in [-0.05, 0) is 41.3 Å². The quantitative estimate of drug-likeness (QED) is 0.390. The molecule has 33 heavy (non-hydrogen) atoms. The van der Waals surface area contributed by atoms with Crippen LogP contribution >= 0.6 is 11.6 Å². The molecule has 174 valence electrons. The largest absolute Gasteiger partial charge is 0.507 e. The van der Waals surface area contributed by atoms with Crippen molar-refractivity contribution in [3.8, 4) is 0 Å². The number of Topliss-reactive ketones (excluding diaryl/α,β-unsaturated/α-hetero) is 1. The molecule has 2 aliphatic rings. The first kappa shape index (κ1) is 23.5. The van der Waals surface area contributed by atoms with E-state index in [0.29, 0.717) is 42.8 Å². The zero-order chi connectivity index (χ0) is 23.5. The zero-order valence-electron chi connectivity index (χ0n) is 19.0. The summed E-state index contributed by atoms with van der Waals surface area (Å²) in [5.41, 5.74) is 2.54. The molecule has 2 aromatic rings. The summed E-state index contributed by atoms with van der Waals surface area (Å²) in [4.78, 5) is 30.1. The smallest absolute Gasteiger partial charge is 0.295 e. The van der Waals surface area contributed by atoms with Gasteiger partial charge in [-0.3, -0.25) is 14.5 Å². The van der Waals surface area contributed by atoms with Crippen molar-refractivity contribution in [1.82, 2.24) is 9.80 Å². The number of likely N-dealkylation sites (tertiary alicyclic amines) is 1. The number of halogens is 1. The molecule has 0 spiro atoms. The van der Waals surface area contributed by atoms with Crippen molar-refractivity contribution in [1.29, 1.82) is 0 Å².